The topological polar surface area (TPSA) is 67.2 Å². The molecule has 164 valence electrons. The molecule has 1 aliphatic heterocycles. The van der Waals surface area contributed by atoms with Crippen LogP contribution >= 0.6 is 0 Å². The second kappa shape index (κ2) is 8.61. The third-order valence-electron chi connectivity index (χ3n) is 6.84. The van der Waals surface area contributed by atoms with Crippen LogP contribution in [0.15, 0.2) is 66.9 Å². The van der Waals surface area contributed by atoms with E-state index in [0.717, 1.165) is 37.1 Å². The van der Waals surface area contributed by atoms with Crippen molar-refractivity contribution < 1.29 is 9.59 Å². The van der Waals surface area contributed by atoms with Crippen LogP contribution in [-0.4, -0.2) is 38.6 Å². The highest BCUT2D eigenvalue weighted by atomic mass is 16.2. The lowest BCUT2D eigenvalue weighted by Gasteiger charge is -2.33. The largest absolute Gasteiger partial charge is 0.324 e. The molecule has 5 rings (SSSR count). The highest BCUT2D eigenvalue weighted by Crippen LogP contribution is 2.40. The number of nitrogens with zero attached hydrogens (tertiary/aromatic N) is 3. The summed E-state index contributed by atoms with van der Waals surface area (Å²) in [5.41, 5.74) is 3.27. The minimum atomic E-state index is -0.453. The van der Waals surface area contributed by atoms with Gasteiger partial charge in [-0.3, -0.25) is 9.59 Å². The van der Waals surface area contributed by atoms with Gasteiger partial charge < -0.3 is 10.2 Å². The third-order valence-corrected chi connectivity index (χ3v) is 6.84. The van der Waals surface area contributed by atoms with Crippen molar-refractivity contribution >= 4 is 17.5 Å². The lowest BCUT2D eigenvalue weighted by molar-refractivity contribution is -0.120. The second-order valence-electron chi connectivity index (χ2n) is 8.87. The average molecular weight is 429 g/mol. The van der Waals surface area contributed by atoms with Gasteiger partial charge in [-0.05, 0) is 68.5 Å². The maximum Gasteiger partial charge on any atom is 0.254 e. The molecule has 2 heterocycles. The molecule has 0 spiro atoms. The molecule has 3 atom stereocenters. The Morgan fingerprint density at radius 3 is 2.59 bits per heavy atom. The molecule has 2 amide bonds. The van der Waals surface area contributed by atoms with Crippen LogP contribution in [0.4, 0.5) is 5.69 Å². The molecule has 6 heteroatoms. The summed E-state index contributed by atoms with van der Waals surface area (Å²) < 4.78 is 1.84. The van der Waals surface area contributed by atoms with E-state index in [2.05, 4.69) is 10.4 Å². The number of carbonyl (C=O) groups excluding carboxylic acids is 2. The Hall–Kier alpha value is -3.41. The fourth-order valence-corrected chi connectivity index (χ4v) is 5.30. The number of hydrogen-bond donors (Lipinski definition) is 1. The van der Waals surface area contributed by atoms with Crippen LogP contribution in [0.5, 0.6) is 0 Å². The molecular formula is C26H28N4O2. The zero-order valence-corrected chi connectivity index (χ0v) is 18.3. The minimum Gasteiger partial charge on any atom is -0.324 e. The van der Waals surface area contributed by atoms with Crippen molar-refractivity contribution in [2.75, 3.05) is 5.32 Å². The quantitative estimate of drug-likeness (QED) is 0.661. The molecule has 32 heavy (non-hydrogen) atoms. The van der Waals surface area contributed by atoms with Crippen LogP contribution in [0.25, 0.3) is 5.69 Å². The molecule has 0 radical (unpaired) electrons. The number of hydrogen-bond acceptors (Lipinski definition) is 3. The smallest absolute Gasteiger partial charge is 0.254 e. The monoisotopic (exact) mass is 428 g/mol. The van der Waals surface area contributed by atoms with E-state index in [4.69, 9.17) is 0 Å². The zero-order chi connectivity index (χ0) is 22.1. The number of rotatable bonds is 4. The SMILES string of the molecule is Cc1ccnn1-c1cccc(NC(=O)C2CC3CCCCC3N2C(=O)c2ccccc2)c1. The first kappa shape index (κ1) is 20.5. The summed E-state index contributed by atoms with van der Waals surface area (Å²) in [6.45, 7) is 1.99. The normalized spacial score (nSPS) is 22.4. The first-order valence-electron chi connectivity index (χ1n) is 11.4. The number of aromatic nitrogens is 2. The van der Waals surface area contributed by atoms with Crippen molar-refractivity contribution in [3.05, 3.63) is 78.1 Å². The predicted molar refractivity (Wildman–Crippen MR) is 124 cm³/mol. The number of amides is 2. The van der Waals surface area contributed by atoms with Crippen molar-refractivity contribution in [3.8, 4) is 5.69 Å². The fourth-order valence-electron chi connectivity index (χ4n) is 5.30. The van der Waals surface area contributed by atoms with Crippen molar-refractivity contribution in [2.45, 2.75) is 51.1 Å². The Morgan fingerprint density at radius 2 is 1.81 bits per heavy atom. The van der Waals surface area contributed by atoms with Gasteiger partial charge in [-0.2, -0.15) is 5.10 Å². The van der Waals surface area contributed by atoms with Gasteiger partial charge in [-0.25, -0.2) is 4.68 Å². The van der Waals surface area contributed by atoms with Gasteiger partial charge in [-0.15, -0.1) is 0 Å². The summed E-state index contributed by atoms with van der Waals surface area (Å²) in [4.78, 5) is 28.8. The Bertz CT molecular complexity index is 1120. The van der Waals surface area contributed by atoms with E-state index < -0.39 is 6.04 Å². The van der Waals surface area contributed by atoms with Crippen LogP contribution in [0.3, 0.4) is 0 Å². The van der Waals surface area contributed by atoms with Gasteiger partial charge in [0.1, 0.15) is 6.04 Å². The molecule has 3 unspecified atom stereocenters. The zero-order valence-electron chi connectivity index (χ0n) is 18.3. The lowest BCUT2D eigenvalue weighted by Crippen LogP contribution is -2.47. The van der Waals surface area contributed by atoms with Gasteiger partial charge in [0.25, 0.3) is 5.91 Å². The van der Waals surface area contributed by atoms with Gasteiger partial charge in [0.15, 0.2) is 0 Å². The summed E-state index contributed by atoms with van der Waals surface area (Å²) in [7, 11) is 0. The molecule has 2 fully saturated rings. The number of anilines is 1. The molecule has 1 aliphatic carbocycles. The number of aryl methyl sites for hydroxylation is 1. The van der Waals surface area contributed by atoms with Crippen molar-refractivity contribution in [1.29, 1.82) is 0 Å². The summed E-state index contributed by atoms with van der Waals surface area (Å²) in [5.74, 6) is 0.240. The number of benzene rings is 2. The fraction of sp³-hybridized carbons (Fsp3) is 0.346. The van der Waals surface area contributed by atoms with E-state index in [1.807, 2.05) is 77.2 Å². The molecular weight excluding hydrogens is 400 g/mol. The summed E-state index contributed by atoms with van der Waals surface area (Å²) >= 11 is 0. The Balaban J connectivity index is 1.40. The van der Waals surface area contributed by atoms with E-state index in [1.165, 1.54) is 6.42 Å². The molecule has 1 saturated heterocycles. The van der Waals surface area contributed by atoms with E-state index in [0.29, 0.717) is 17.2 Å². The highest BCUT2D eigenvalue weighted by Gasteiger charge is 2.47. The number of carbonyl (C=O) groups is 2. The minimum absolute atomic E-state index is 0.0407. The van der Waals surface area contributed by atoms with E-state index in [1.54, 1.807) is 6.20 Å². The first-order valence-corrected chi connectivity index (χ1v) is 11.4. The van der Waals surface area contributed by atoms with Crippen LogP contribution in [0, 0.1) is 12.8 Å². The van der Waals surface area contributed by atoms with Gasteiger partial charge in [0.05, 0.1) is 5.69 Å². The van der Waals surface area contributed by atoms with E-state index in [9.17, 15) is 9.59 Å². The Kier molecular flexibility index (Phi) is 5.52. The summed E-state index contributed by atoms with van der Waals surface area (Å²) in [6, 6.07) is 18.6. The molecule has 3 aromatic rings. The van der Waals surface area contributed by atoms with E-state index >= 15 is 0 Å². The van der Waals surface area contributed by atoms with Gasteiger partial charge in [0, 0.05) is 29.2 Å². The number of fused-ring (bicyclic) bond motifs is 1. The maximum absolute atomic E-state index is 13.5. The van der Waals surface area contributed by atoms with Crippen LogP contribution in [0.1, 0.15) is 48.2 Å². The molecule has 6 nitrogen and oxygen atoms in total. The highest BCUT2D eigenvalue weighted by molar-refractivity contribution is 6.02. The number of likely N-dealkylation sites (tertiary alicyclic amines) is 1. The Labute approximate surface area is 188 Å². The molecule has 1 aromatic heterocycles. The van der Waals surface area contributed by atoms with Gasteiger partial charge in [-0.1, -0.05) is 37.1 Å². The van der Waals surface area contributed by atoms with Gasteiger partial charge in [0.2, 0.25) is 5.91 Å². The molecule has 0 bridgehead atoms. The predicted octanol–water partition coefficient (Wildman–Crippen LogP) is 4.59. The first-order chi connectivity index (χ1) is 15.6. The average Bonchev–Trinajstić information content (AvgIpc) is 3.43. The maximum atomic E-state index is 13.5. The lowest BCUT2D eigenvalue weighted by atomic mass is 9.84. The Morgan fingerprint density at radius 1 is 1.00 bits per heavy atom. The van der Waals surface area contributed by atoms with Crippen molar-refractivity contribution in [1.82, 2.24) is 14.7 Å². The van der Waals surface area contributed by atoms with E-state index in [-0.39, 0.29) is 17.9 Å². The molecule has 2 aliphatic rings. The third kappa shape index (κ3) is 3.81. The second-order valence-corrected chi connectivity index (χ2v) is 8.87. The van der Waals surface area contributed by atoms with Crippen LogP contribution in [0.2, 0.25) is 0 Å². The van der Waals surface area contributed by atoms with Crippen molar-refractivity contribution in [2.24, 2.45) is 5.92 Å². The standard InChI is InChI=1S/C26H28N4O2/c1-18-14-15-27-30(18)22-12-7-11-21(17-22)28-25(31)24-16-20-10-5-6-13-23(20)29(24)26(32)19-8-3-2-4-9-19/h2-4,7-9,11-12,14-15,17,20,23-24H,5-6,10,13,16H2,1H3,(H,28,31). The summed E-state index contributed by atoms with van der Waals surface area (Å²) in [6.07, 6.45) is 6.83. The summed E-state index contributed by atoms with van der Waals surface area (Å²) in [5, 5.41) is 7.43. The number of nitrogens with one attached hydrogen (secondary N) is 1. The molecule has 2 aromatic carbocycles. The molecule has 1 saturated carbocycles. The van der Waals surface area contributed by atoms with Crippen LogP contribution < -0.4 is 5.32 Å². The molecule has 1 N–H and O–H groups in total. The van der Waals surface area contributed by atoms with Crippen LogP contribution in [-0.2, 0) is 4.79 Å². The van der Waals surface area contributed by atoms with Gasteiger partial charge >= 0.3 is 0 Å². The van der Waals surface area contributed by atoms with Crippen molar-refractivity contribution in [3.63, 3.8) is 0 Å².